The van der Waals surface area contributed by atoms with E-state index >= 15 is 0 Å². The summed E-state index contributed by atoms with van der Waals surface area (Å²) in [4.78, 5) is 11.8. The predicted molar refractivity (Wildman–Crippen MR) is 74.7 cm³/mol. The number of fused-ring (bicyclic) bond motifs is 9. The first-order valence-electron chi connectivity index (χ1n) is 8.07. The number of ether oxygens (including phenoxy) is 1. The van der Waals surface area contributed by atoms with E-state index in [1.807, 2.05) is 0 Å². The molecular formula is C17H24O3. The molecule has 0 spiro atoms. The summed E-state index contributed by atoms with van der Waals surface area (Å²) in [6.07, 6.45) is 4.94. The summed E-state index contributed by atoms with van der Waals surface area (Å²) in [6, 6.07) is 0. The molecule has 0 aromatic heterocycles. The molecule has 1 N–H and O–H groups in total. The first-order chi connectivity index (χ1) is 9.60. The molecule has 110 valence electrons. The number of aliphatic hydroxyl groups is 1. The Morgan fingerprint density at radius 1 is 1.15 bits per heavy atom. The number of carbonyl (C=O) groups is 1. The normalized spacial score (nSPS) is 51.3. The molecule has 4 aliphatic rings. The zero-order chi connectivity index (χ0) is 14.0. The highest BCUT2D eigenvalue weighted by atomic mass is 16.5. The minimum Gasteiger partial charge on any atom is -0.459 e. The van der Waals surface area contributed by atoms with Gasteiger partial charge in [0.15, 0.2) is 0 Å². The molecule has 0 radical (unpaired) electrons. The highest BCUT2D eigenvalue weighted by molar-refractivity contribution is 5.87. The first-order valence-corrected chi connectivity index (χ1v) is 8.07. The van der Waals surface area contributed by atoms with Gasteiger partial charge < -0.3 is 9.84 Å². The van der Waals surface area contributed by atoms with Crippen molar-refractivity contribution in [1.29, 1.82) is 0 Å². The van der Waals surface area contributed by atoms with Crippen molar-refractivity contribution in [2.75, 3.05) is 6.61 Å². The van der Waals surface area contributed by atoms with E-state index in [1.165, 1.54) is 19.3 Å². The van der Waals surface area contributed by atoms with Gasteiger partial charge in [0.25, 0.3) is 0 Å². The van der Waals surface area contributed by atoms with Gasteiger partial charge in [-0.2, -0.15) is 0 Å². The number of hydrogen-bond acceptors (Lipinski definition) is 3. The Hall–Kier alpha value is -0.830. The topological polar surface area (TPSA) is 46.5 Å². The number of hydrogen-bond donors (Lipinski definition) is 1. The highest BCUT2D eigenvalue weighted by Crippen LogP contribution is 2.69. The van der Waals surface area contributed by atoms with E-state index in [-0.39, 0.29) is 12.1 Å². The van der Waals surface area contributed by atoms with Crippen LogP contribution in [0.4, 0.5) is 0 Å². The van der Waals surface area contributed by atoms with Crippen LogP contribution in [-0.4, -0.2) is 23.8 Å². The van der Waals surface area contributed by atoms with Crippen LogP contribution in [0.15, 0.2) is 12.2 Å². The summed E-state index contributed by atoms with van der Waals surface area (Å²) in [5, 5.41) is 9.53. The van der Waals surface area contributed by atoms with Crippen LogP contribution in [0.3, 0.4) is 0 Å². The Balaban J connectivity index is 1.50. The third-order valence-electron chi connectivity index (χ3n) is 6.74. The number of rotatable bonds is 3. The van der Waals surface area contributed by atoms with Crippen molar-refractivity contribution in [2.24, 2.45) is 41.4 Å². The van der Waals surface area contributed by atoms with E-state index in [0.717, 1.165) is 36.0 Å². The maximum Gasteiger partial charge on any atom is 0.333 e. The van der Waals surface area contributed by atoms with E-state index in [4.69, 9.17) is 4.74 Å². The maximum absolute atomic E-state index is 11.8. The summed E-state index contributed by atoms with van der Waals surface area (Å²) in [7, 11) is 0. The standard InChI is InChI=1S/C17H24O3/c1-8(2)17(19)20-14-6-10-5-13(14)16-9-3-11(7-18)12(4-9)15(10)16/h9-16,18H,1,3-7H2,2H3. The fraction of sp³-hybridized carbons (Fsp3) is 0.824. The quantitative estimate of drug-likeness (QED) is 0.489. The molecule has 8 unspecified atom stereocenters. The largest absolute Gasteiger partial charge is 0.459 e. The summed E-state index contributed by atoms with van der Waals surface area (Å²) >= 11 is 0. The van der Waals surface area contributed by atoms with Crippen molar-refractivity contribution in [2.45, 2.75) is 38.7 Å². The van der Waals surface area contributed by atoms with Crippen molar-refractivity contribution in [1.82, 2.24) is 0 Å². The van der Waals surface area contributed by atoms with Gasteiger partial charge in [-0.1, -0.05) is 6.58 Å². The zero-order valence-electron chi connectivity index (χ0n) is 12.1. The molecule has 0 heterocycles. The van der Waals surface area contributed by atoms with Gasteiger partial charge in [-0.25, -0.2) is 4.79 Å². The second-order valence-corrected chi connectivity index (χ2v) is 7.61. The molecule has 4 saturated carbocycles. The van der Waals surface area contributed by atoms with Crippen molar-refractivity contribution in [3.05, 3.63) is 12.2 Å². The van der Waals surface area contributed by atoms with Crippen LogP contribution in [-0.2, 0) is 9.53 Å². The van der Waals surface area contributed by atoms with Gasteiger partial charge >= 0.3 is 5.97 Å². The summed E-state index contributed by atoms with van der Waals surface area (Å²) in [5.74, 6) is 4.78. The summed E-state index contributed by atoms with van der Waals surface area (Å²) in [5.41, 5.74) is 0.512. The minimum absolute atomic E-state index is 0.136. The van der Waals surface area contributed by atoms with Crippen molar-refractivity contribution in [3.63, 3.8) is 0 Å². The van der Waals surface area contributed by atoms with Gasteiger partial charge in [0.2, 0.25) is 0 Å². The van der Waals surface area contributed by atoms with E-state index in [2.05, 4.69) is 6.58 Å². The highest BCUT2D eigenvalue weighted by Gasteiger charge is 2.65. The molecule has 3 heteroatoms. The van der Waals surface area contributed by atoms with E-state index in [1.54, 1.807) is 6.92 Å². The number of aliphatic hydroxyl groups excluding tert-OH is 1. The molecule has 0 aromatic rings. The summed E-state index contributed by atoms with van der Waals surface area (Å²) in [6.45, 7) is 5.78. The second-order valence-electron chi connectivity index (χ2n) is 7.61. The smallest absolute Gasteiger partial charge is 0.333 e. The van der Waals surface area contributed by atoms with Crippen LogP contribution >= 0.6 is 0 Å². The lowest BCUT2D eigenvalue weighted by atomic mass is 9.67. The predicted octanol–water partition coefficient (Wildman–Crippen LogP) is 2.39. The molecular weight excluding hydrogens is 252 g/mol. The maximum atomic E-state index is 11.8. The lowest BCUT2D eigenvalue weighted by molar-refractivity contribution is -0.149. The average molecular weight is 276 g/mol. The van der Waals surface area contributed by atoms with Gasteiger partial charge in [0, 0.05) is 12.2 Å². The van der Waals surface area contributed by atoms with Crippen molar-refractivity contribution < 1.29 is 14.6 Å². The van der Waals surface area contributed by atoms with Gasteiger partial charge in [0.1, 0.15) is 6.10 Å². The SMILES string of the molecule is C=C(C)C(=O)OC1CC2CC1C1C3CC(CO)C(C3)C21. The Kier molecular flexibility index (Phi) is 2.79. The third-order valence-corrected chi connectivity index (χ3v) is 6.74. The summed E-state index contributed by atoms with van der Waals surface area (Å²) < 4.78 is 5.69. The van der Waals surface area contributed by atoms with Gasteiger partial charge in [0.05, 0.1) is 0 Å². The molecule has 4 aliphatic carbocycles. The Morgan fingerprint density at radius 3 is 2.50 bits per heavy atom. The van der Waals surface area contributed by atoms with Crippen molar-refractivity contribution >= 4 is 5.97 Å². The first kappa shape index (κ1) is 12.9. The average Bonchev–Trinajstić information content (AvgIpc) is 3.14. The van der Waals surface area contributed by atoms with E-state index < -0.39 is 0 Å². The Morgan fingerprint density at radius 2 is 1.80 bits per heavy atom. The fourth-order valence-corrected chi connectivity index (χ4v) is 6.26. The molecule has 8 atom stereocenters. The molecule has 4 bridgehead atoms. The lowest BCUT2D eigenvalue weighted by Crippen LogP contribution is -2.40. The monoisotopic (exact) mass is 276 g/mol. The zero-order valence-corrected chi connectivity index (χ0v) is 12.1. The van der Waals surface area contributed by atoms with Crippen molar-refractivity contribution in [3.8, 4) is 0 Å². The van der Waals surface area contributed by atoms with Crippen LogP contribution in [0.5, 0.6) is 0 Å². The van der Waals surface area contributed by atoms with Crippen LogP contribution in [0, 0.1) is 41.4 Å². The second kappa shape index (κ2) is 4.33. The van der Waals surface area contributed by atoms with E-state index in [9.17, 15) is 9.90 Å². The van der Waals surface area contributed by atoms with Gasteiger partial charge in [-0.15, -0.1) is 0 Å². The molecule has 0 amide bonds. The third kappa shape index (κ3) is 1.59. The van der Waals surface area contributed by atoms with Crippen LogP contribution in [0.25, 0.3) is 0 Å². The molecule has 0 saturated heterocycles. The molecule has 4 rings (SSSR count). The van der Waals surface area contributed by atoms with Crippen LogP contribution in [0.1, 0.15) is 32.6 Å². The van der Waals surface area contributed by atoms with Gasteiger partial charge in [-0.3, -0.25) is 0 Å². The lowest BCUT2D eigenvalue weighted by Gasteiger charge is -2.40. The Labute approximate surface area is 120 Å². The fourth-order valence-electron chi connectivity index (χ4n) is 6.26. The van der Waals surface area contributed by atoms with Gasteiger partial charge in [-0.05, 0) is 74.0 Å². The Bertz CT molecular complexity index is 457. The molecule has 0 aromatic carbocycles. The van der Waals surface area contributed by atoms with Crippen LogP contribution in [0.2, 0.25) is 0 Å². The number of esters is 1. The molecule has 4 fully saturated rings. The number of carbonyl (C=O) groups excluding carboxylic acids is 1. The van der Waals surface area contributed by atoms with E-state index in [0.29, 0.717) is 24.0 Å². The molecule has 0 aliphatic heterocycles. The van der Waals surface area contributed by atoms with Crippen LogP contribution < -0.4 is 0 Å². The molecule has 3 nitrogen and oxygen atoms in total. The molecule has 20 heavy (non-hydrogen) atoms. The minimum atomic E-state index is -0.213.